The standard InChI is InChI=1S/C14H20ClN3O2/c1-2-17-8-10-3-4-11(7-12(10)15)18-5-6-20-9-13(18)14(16)19/h3-4,7,13,17H,2,5-6,8-9H2,1H3,(H2,16,19). The fourth-order valence-corrected chi connectivity index (χ4v) is 2.51. The van der Waals surface area contributed by atoms with Crippen LogP contribution in [0.2, 0.25) is 5.02 Å². The number of ether oxygens (including phenoxy) is 1. The lowest BCUT2D eigenvalue weighted by molar-refractivity contribution is -0.121. The molecule has 0 spiro atoms. The second-order valence-corrected chi connectivity index (χ2v) is 5.15. The van der Waals surface area contributed by atoms with Gasteiger partial charge in [0.15, 0.2) is 0 Å². The molecule has 2 rings (SSSR count). The van der Waals surface area contributed by atoms with Crippen LogP contribution in [0.5, 0.6) is 0 Å². The van der Waals surface area contributed by atoms with Crippen LogP contribution in [-0.2, 0) is 16.1 Å². The summed E-state index contributed by atoms with van der Waals surface area (Å²) in [5.41, 5.74) is 7.37. The Morgan fingerprint density at radius 3 is 3.05 bits per heavy atom. The minimum absolute atomic E-state index is 0.325. The molecular weight excluding hydrogens is 278 g/mol. The number of hydrogen-bond acceptors (Lipinski definition) is 4. The Balaban J connectivity index is 2.19. The molecule has 0 bridgehead atoms. The van der Waals surface area contributed by atoms with Gasteiger partial charge in [-0.3, -0.25) is 4.79 Å². The van der Waals surface area contributed by atoms with Gasteiger partial charge < -0.3 is 20.7 Å². The SMILES string of the molecule is CCNCc1ccc(N2CCOCC2C(N)=O)cc1Cl. The zero-order valence-corrected chi connectivity index (χ0v) is 12.3. The molecule has 0 saturated carbocycles. The summed E-state index contributed by atoms with van der Waals surface area (Å²) in [6.45, 7) is 5.22. The molecule has 0 aliphatic carbocycles. The molecule has 110 valence electrons. The normalized spacial score (nSPS) is 19.1. The summed E-state index contributed by atoms with van der Waals surface area (Å²) in [5.74, 6) is -0.377. The predicted molar refractivity (Wildman–Crippen MR) is 80.0 cm³/mol. The third kappa shape index (κ3) is 3.42. The summed E-state index contributed by atoms with van der Waals surface area (Å²) in [6.07, 6.45) is 0. The molecule has 1 unspecified atom stereocenters. The Labute approximate surface area is 124 Å². The van der Waals surface area contributed by atoms with Crippen molar-refractivity contribution >= 4 is 23.2 Å². The molecule has 5 nitrogen and oxygen atoms in total. The Morgan fingerprint density at radius 2 is 2.40 bits per heavy atom. The summed E-state index contributed by atoms with van der Waals surface area (Å²) in [7, 11) is 0. The highest BCUT2D eigenvalue weighted by atomic mass is 35.5. The van der Waals surface area contributed by atoms with Crippen molar-refractivity contribution in [2.24, 2.45) is 5.73 Å². The molecule has 1 aromatic rings. The fraction of sp³-hybridized carbons (Fsp3) is 0.500. The van der Waals surface area contributed by atoms with Gasteiger partial charge in [-0.15, -0.1) is 0 Å². The summed E-state index contributed by atoms with van der Waals surface area (Å²) in [4.78, 5) is 13.4. The zero-order chi connectivity index (χ0) is 14.5. The van der Waals surface area contributed by atoms with Crippen molar-refractivity contribution in [3.63, 3.8) is 0 Å². The van der Waals surface area contributed by atoms with Gasteiger partial charge in [0.25, 0.3) is 0 Å². The Morgan fingerprint density at radius 1 is 1.60 bits per heavy atom. The molecule has 1 fully saturated rings. The maximum Gasteiger partial charge on any atom is 0.242 e. The molecule has 1 heterocycles. The zero-order valence-electron chi connectivity index (χ0n) is 11.6. The largest absolute Gasteiger partial charge is 0.377 e. The quantitative estimate of drug-likeness (QED) is 0.855. The minimum atomic E-state index is -0.431. The second kappa shape index (κ2) is 6.92. The maximum absolute atomic E-state index is 11.5. The number of carbonyl (C=O) groups is 1. The van der Waals surface area contributed by atoms with Crippen molar-refractivity contribution in [1.29, 1.82) is 0 Å². The molecule has 0 aromatic heterocycles. The summed E-state index contributed by atoms with van der Waals surface area (Å²) < 4.78 is 5.32. The van der Waals surface area contributed by atoms with Gasteiger partial charge in [-0.25, -0.2) is 0 Å². The van der Waals surface area contributed by atoms with E-state index in [0.29, 0.717) is 24.8 Å². The Hall–Kier alpha value is -1.30. The molecule has 3 N–H and O–H groups in total. The van der Waals surface area contributed by atoms with Crippen LogP contribution >= 0.6 is 11.6 Å². The van der Waals surface area contributed by atoms with Gasteiger partial charge in [-0.1, -0.05) is 24.6 Å². The van der Waals surface area contributed by atoms with Gasteiger partial charge in [0, 0.05) is 23.8 Å². The first-order valence-corrected chi connectivity index (χ1v) is 7.14. The van der Waals surface area contributed by atoms with E-state index in [4.69, 9.17) is 22.1 Å². The van der Waals surface area contributed by atoms with Gasteiger partial charge in [-0.2, -0.15) is 0 Å². The number of morpholine rings is 1. The number of rotatable bonds is 5. The third-order valence-corrected chi connectivity index (χ3v) is 3.74. The minimum Gasteiger partial charge on any atom is -0.377 e. The molecule has 1 aliphatic rings. The number of nitrogens with zero attached hydrogens (tertiary/aromatic N) is 1. The summed E-state index contributed by atoms with van der Waals surface area (Å²) >= 11 is 6.30. The number of primary amides is 1. The van der Waals surface area contributed by atoms with Crippen LogP contribution in [0.1, 0.15) is 12.5 Å². The number of amides is 1. The smallest absolute Gasteiger partial charge is 0.242 e. The number of hydrogen-bond donors (Lipinski definition) is 2. The van der Waals surface area contributed by atoms with Crippen LogP contribution in [0.15, 0.2) is 18.2 Å². The molecule has 6 heteroatoms. The van der Waals surface area contributed by atoms with Crippen molar-refractivity contribution in [2.75, 3.05) is 31.2 Å². The van der Waals surface area contributed by atoms with Gasteiger partial charge >= 0.3 is 0 Å². The average molecular weight is 298 g/mol. The van der Waals surface area contributed by atoms with E-state index in [-0.39, 0.29) is 5.91 Å². The first-order valence-electron chi connectivity index (χ1n) is 6.76. The number of nitrogens with two attached hydrogens (primary N) is 1. The van der Waals surface area contributed by atoms with Crippen LogP contribution < -0.4 is 16.0 Å². The van der Waals surface area contributed by atoms with E-state index in [1.165, 1.54) is 0 Å². The number of nitrogens with one attached hydrogen (secondary N) is 1. The molecule has 1 amide bonds. The molecule has 1 aliphatic heterocycles. The van der Waals surface area contributed by atoms with E-state index in [0.717, 1.165) is 24.3 Å². The molecule has 1 aromatic carbocycles. The van der Waals surface area contributed by atoms with Crippen LogP contribution in [0.4, 0.5) is 5.69 Å². The fourth-order valence-electron chi connectivity index (χ4n) is 2.27. The number of halogens is 1. The third-order valence-electron chi connectivity index (χ3n) is 3.39. The average Bonchev–Trinajstić information content (AvgIpc) is 2.46. The first-order chi connectivity index (χ1) is 9.63. The van der Waals surface area contributed by atoms with E-state index in [2.05, 4.69) is 5.32 Å². The van der Waals surface area contributed by atoms with Gasteiger partial charge in [0.1, 0.15) is 6.04 Å². The Kier molecular flexibility index (Phi) is 5.23. The predicted octanol–water partition coefficient (Wildman–Crippen LogP) is 1.14. The van der Waals surface area contributed by atoms with Crippen molar-refractivity contribution in [3.05, 3.63) is 28.8 Å². The molecule has 1 saturated heterocycles. The highest BCUT2D eigenvalue weighted by Crippen LogP contribution is 2.26. The van der Waals surface area contributed by atoms with E-state index >= 15 is 0 Å². The molecule has 20 heavy (non-hydrogen) atoms. The van der Waals surface area contributed by atoms with Crippen LogP contribution in [-0.4, -0.2) is 38.3 Å². The van der Waals surface area contributed by atoms with E-state index in [9.17, 15) is 4.79 Å². The van der Waals surface area contributed by atoms with E-state index in [1.807, 2.05) is 30.0 Å². The van der Waals surface area contributed by atoms with Gasteiger partial charge in [-0.05, 0) is 24.2 Å². The number of anilines is 1. The maximum atomic E-state index is 11.5. The molecular formula is C14H20ClN3O2. The van der Waals surface area contributed by atoms with E-state index in [1.54, 1.807) is 0 Å². The lowest BCUT2D eigenvalue weighted by atomic mass is 10.1. The van der Waals surface area contributed by atoms with Crippen LogP contribution in [0.25, 0.3) is 0 Å². The highest BCUT2D eigenvalue weighted by Gasteiger charge is 2.28. The second-order valence-electron chi connectivity index (χ2n) is 4.74. The lowest BCUT2D eigenvalue weighted by Crippen LogP contribution is -2.52. The van der Waals surface area contributed by atoms with Crippen LogP contribution in [0, 0.1) is 0 Å². The van der Waals surface area contributed by atoms with Crippen molar-refractivity contribution in [1.82, 2.24) is 5.32 Å². The first kappa shape index (κ1) is 15.1. The Bertz CT molecular complexity index is 481. The highest BCUT2D eigenvalue weighted by molar-refractivity contribution is 6.31. The number of carbonyl (C=O) groups excluding carboxylic acids is 1. The van der Waals surface area contributed by atoms with E-state index < -0.39 is 6.04 Å². The lowest BCUT2D eigenvalue weighted by Gasteiger charge is -2.35. The summed E-state index contributed by atoms with van der Waals surface area (Å²) in [6, 6.07) is 5.41. The van der Waals surface area contributed by atoms with Crippen LogP contribution in [0.3, 0.4) is 0 Å². The van der Waals surface area contributed by atoms with Crippen molar-refractivity contribution in [3.8, 4) is 0 Å². The van der Waals surface area contributed by atoms with Gasteiger partial charge in [0.2, 0.25) is 5.91 Å². The van der Waals surface area contributed by atoms with Crippen molar-refractivity contribution in [2.45, 2.75) is 19.5 Å². The molecule has 1 atom stereocenters. The molecule has 0 radical (unpaired) electrons. The van der Waals surface area contributed by atoms with Crippen molar-refractivity contribution < 1.29 is 9.53 Å². The summed E-state index contributed by atoms with van der Waals surface area (Å²) in [5, 5.41) is 3.93. The monoisotopic (exact) mass is 297 g/mol. The van der Waals surface area contributed by atoms with Gasteiger partial charge in [0.05, 0.1) is 13.2 Å². The topological polar surface area (TPSA) is 67.6 Å². The number of benzene rings is 1.